The molecule has 5 nitrogen and oxygen atoms in total. The molecule has 0 spiro atoms. The molecule has 0 saturated heterocycles. The molecule has 0 fully saturated rings. The van der Waals surface area contributed by atoms with E-state index in [1.807, 2.05) is 6.92 Å². The molecule has 0 saturated carbocycles. The van der Waals surface area contributed by atoms with Crippen LogP contribution in [0.2, 0.25) is 5.02 Å². The fraction of sp³-hybridized carbons (Fsp3) is 0.333. The highest BCUT2D eigenvalue weighted by molar-refractivity contribution is 6.31. The number of hydrogen-bond acceptors (Lipinski definition) is 3. The molecule has 18 heavy (non-hydrogen) atoms. The van der Waals surface area contributed by atoms with E-state index in [-0.39, 0.29) is 11.3 Å². The molecule has 1 atom stereocenters. The molecule has 0 aliphatic rings. The number of carbonyl (C=O) groups is 2. The predicted octanol–water partition coefficient (Wildman–Crippen LogP) is 2.10. The van der Waals surface area contributed by atoms with Crippen LogP contribution in [0.25, 0.3) is 0 Å². The van der Waals surface area contributed by atoms with Crippen LogP contribution < -0.4 is 11.1 Å². The number of aromatic carboxylic acids is 1. The Bertz CT molecular complexity index is 463. The van der Waals surface area contributed by atoms with Crippen LogP contribution in [0.5, 0.6) is 0 Å². The van der Waals surface area contributed by atoms with Crippen molar-refractivity contribution >= 4 is 29.2 Å². The molecule has 1 aromatic rings. The second-order valence-corrected chi connectivity index (χ2v) is 4.32. The van der Waals surface area contributed by atoms with Crippen molar-refractivity contribution < 1.29 is 14.7 Å². The Morgan fingerprint density at radius 1 is 1.50 bits per heavy atom. The maximum absolute atomic E-state index is 11.7. The van der Waals surface area contributed by atoms with Crippen molar-refractivity contribution in [3.05, 3.63) is 28.8 Å². The molecule has 1 aromatic carbocycles. The van der Waals surface area contributed by atoms with Crippen molar-refractivity contribution in [2.24, 2.45) is 5.73 Å². The highest BCUT2D eigenvalue weighted by Crippen LogP contribution is 2.21. The lowest BCUT2D eigenvalue weighted by atomic mass is 10.1. The molecule has 1 amide bonds. The van der Waals surface area contributed by atoms with Crippen LogP contribution in [0.3, 0.4) is 0 Å². The fourth-order valence-corrected chi connectivity index (χ4v) is 1.64. The maximum Gasteiger partial charge on any atom is 0.337 e. The number of anilines is 1. The Kier molecular flexibility index (Phi) is 5.12. The number of rotatable bonds is 5. The third-order valence-corrected chi connectivity index (χ3v) is 2.64. The van der Waals surface area contributed by atoms with Crippen molar-refractivity contribution in [2.45, 2.75) is 25.8 Å². The van der Waals surface area contributed by atoms with Gasteiger partial charge in [0, 0.05) is 5.02 Å². The van der Waals surface area contributed by atoms with Crippen LogP contribution in [-0.4, -0.2) is 23.0 Å². The number of nitrogens with two attached hydrogens (primary N) is 1. The third-order valence-electron chi connectivity index (χ3n) is 2.41. The summed E-state index contributed by atoms with van der Waals surface area (Å²) in [5.41, 5.74) is 5.79. The first kappa shape index (κ1) is 14.5. The number of halogens is 1. The number of nitrogens with one attached hydrogen (secondary N) is 1. The van der Waals surface area contributed by atoms with E-state index in [4.69, 9.17) is 22.4 Å². The number of amides is 1. The minimum atomic E-state index is -1.16. The van der Waals surface area contributed by atoms with E-state index >= 15 is 0 Å². The second-order valence-electron chi connectivity index (χ2n) is 3.88. The lowest BCUT2D eigenvalue weighted by molar-refractivity contribution is -0.117. The fourth-order valence-electron chi connectivity index (χ4n) is 1.47. The molecule has 6 heteroatoms. The van der Waals surface area contributed by atoms with Crippen LogP contribution in [0.15, 0.2) is 18.2 Å². The summed E-state index contributed by atoms with van der Waals surface area (Å²) in [6.07, 6.45) is 1.32. The molecule has 0 bridgehead atoms. The first-order chi connectivity index (χ1) is 8.45. The van der Waals surface area contributed by atoms with Crippen LogP contribution in [0.4, 0.5) is 5.69 Å². The van der Waals surface area contributed by atoms with Crippen LogP contribution in [-0.2, 0) is 4.79 Å². The highest BCUT2D eigenvalue weighted by atomic mass is 35.5. The summed E-state index contributed by atoms with van der Waals surface area (Å²) in [7, 11) is 0. The van der Waals surface area contributed by atoms with E-state index in [1.165, 1.54) is 18.2 Å². The van der Waals surface area contributed by atoms with Gasteiger partial charge < -0.3 is 16.2 Å². The topological polar surface area (TPSA) is 92.4 Å². The van der Waals surface area contributed by atoms with Crippen molar-refractivity contribution in [1.82, 2.24) is 0 Å². The van der Waals surface area contributed by atoms with Gasteiger partial charge in [0.15, 0.2) is 0 Å². The SMILES string of the molecule is CCCC(N)C(=O)Nc1ccc(Cl)cc1C(=O)O. The van der Waals surface area contributed by atoms with Crippen LogP contribution >= 0.6 is 11.6 Å². The van der Waals surface area contributed by atoms with Gasteiger partial charge in [0.2, 0.25) is 5.91 Å². The average molecular weight is 271 g/mol. The summed E-state index contributed by atoms with van der Waals surface area (Å²) in [6, 6.07) is 3.59. The van der Waals surface area contributed by atoms with Gasteiger partial charge in [-0.05, 0) is 24.6 Å². The van der Waals surface area contributed by atoms with Gasteiger partial charge in [-0.25, -0.2) is 4.79 Å². The Morgan fingerprint density at radius 2 is 2.17 bits per heavy atom. The number of carboxylic acid groups (broad SMARTS) is 1. The largest absolute Gasteiger partial charge is 0.478 e. The minimum Gasteiger partial charge on any atom is -0.478 e. The smallest absolute Gasteiger partial charge is 0.337 e. The van der Waals surface area contributed by atoms with Crippen LogP contribution in [0, 0.1) is 0 Å². The first-order valence-electron chi connectivity index (χ1n) is 5.55. The van der Waals surface area contributed by atoms with E-state index < -0.39 is 17.9 Å². The number of carboxylic acids is 1. The van der Waals surface area contributed by atoms with Gasteiger partial charge in [0.25, 0.3) is 0 Å². The predicted molar refractivity (Wildman–Crippen MR) is 69.9 cm³/mol. The maximum atomic E-state index is 11.7. The van der Waals surface area contributed by atoms with E-state index in [0.29, 0.717) is 11.4 Å². The van der Waals surface area contributed by atoms with Crippen molar-refractivity contribution in [1.29, 1.82) is 0 Å². The van der Waals surface area contributed by atoms with Gasteiger partial charge in [-0.15, -0.1) is 0 Å². The number of hydrogen-bond donors (Lipinski definition) is 3. The number of benzene rings is 1. The zero-order valence-corrected chi connectivity index (χ0v) is 10.7. The zero-order valence-electron chi connectivity index (χ0n) is 9.94. The van der Waals surface area contributed by atoms with Gasteiger partial charge in [-0.3, -0.25) is 4.79 Å². The van der Waals surface area contributed by atoms with E-state index in [9.17, 15) is 9.59 Å². The van der Waals surface area contributed by atoms with E-state index in [0.717, 1.165) is 6.42 Å². The normalized spacial score (nSPS) is 11.9. The Morgan fingerprint density at radius 3 is 2.72 bits per heavy atom. The van der Waals surface area contributed by atoms with Crippen molar-refractivity contribution in [3.63, 3.8) is 0 Å². The molecule has 0 heterocycles. The molecule has 0 aliphatic carbocycles. The molecular formula is C12H15ClN2O3. The highest BCUT2D eigenvalue weighted by Gasteiger charge is 2.16. The first-order valence-corrected chi connectivity index (χ1v) is 5.92. The minimum absolute atomic E-state index is 0.0560. The molecular weight excluding hydrogens is 256 g/mol. The summed E-state index contributed by atoms with van der Waals surface area (Å²) >= 11 is 5.71. The van der Waals surface area contributed by atoms with Gasteiger partial charge in [-0.1, -0.05) is 24.9 Å². The monoisotopic (exact) mass is 270 g/mol. The molecule has 0 aliphatic heterocycles. The van der Waals surface area contributed by atoms with Gasteiger partial charge in [0.05, 0.1) is 17.3 Å². The van der Waals surface area contributed by atoms with Crippen molar-refractivity contribution in [3.8, 4) is 0 Å². The lowest BCUT2D eigenvalue weighted by Crippen LogP contribution is -2.35. The summed E-state index contributed by atoms with van der Waals surface area (Å²) in [4.78, 5) is 22.7. The lowest BCUT2D eigenvalue weighted by Gasteiger charge is -2.13. The van der Waals surface area contributed by atoms with Gasteiger partial charge in [0.1, 0.15) is 0 Å². The standard InChI is InChI=1S/C12H15ClN2O3/c1-2-3-9(14)11(16)15-10-5-4-7(13)6-8(10)12(17)18/h4-6,9H,2-3,14H2,1H3,(H,15,16)(H,17,18). The summed E-state index contributed by atoms with van der Waals surface area (Å²) < 4.78 is 0. The Balaban J connectivity index is 2.90. The summed E-state index contributed by atoms with van der Waals surface area (Å²) in [6.45, 7) is 1.91. The van der Waals surface area contributed by atoms with Gasteiger partial charge in [-0.2, -0.15) is 0 Å². The van der Waals surface area contributed by atoms with E-state index in [1.54, 1.807) is 0 Å². The Labute approximate surface area is 110 Å². The number of carbonyl (C=O) groups excluding carboxylic acids is 1. The zero-order chi connectivity index (χ0) is 13.7. The summed E-state index contributed by atoms with van der Waals surface area (Å²) in [5, 5.41) is 11.8. The summed E-state index contributed by atoms with van der Waals surface area (Å²) in [5.74, 6) is -1.56. The molecule has 1 unspecified atom stereocenters. The second kappa shape index (κ2) is 6.37. The molecule has 4 N–H and O–H groups in total. The third kappa shape index (κ3) is 3.72. The quantitative estimate of drug-likeness (QED) is 0.764. The van der Waals surface area contributed by atoms with Crippen LogP contribution in [0.1, 0.15) is 30.1 Å². The molecule has 98 valence electrons. The van der Waals surface area contributed by atoms with Gasteiger partial charge >= 0.3 is 5.97 Å². The Hall–Kier alpha value is -1.59. The average Bonchev–Trinajstić information content (AvgIpc) is 2.31. The van der Waals surface area contributed by atoms with Crippen molar-refractivity contribution in [2.75, 3.05) is 5.32 Å². The molecule has 1 rings (SSSR count). The molecule has 0 radical (unpaired) electrons. The van der Waals surface area contributed by atoms with E-state index in [2.05, 4.69) is 5.32 Å². The molecule has 0 aromatic heterocycles.